The molecule has 0 unspecified atom stereocenters. The number of hydrogen-bond acceptors (Lipinski definition) is 4. The maximum absolute atomic E-state index is 12.3. The summed E-state index contributed by atoms with van der Waals surface area (Å²) in [5, 5.41) is 5.42. The second kappa shape index (κ2) is 6.80. The topological polar surface area (TPSA) is 41.6 Å². The van der Waals surface area contributed by atoms with Gasteiger partial charge in [0.1, 0.15) is 0 Å². The number of thiophene rings is 1. The lowest BCUT2D eigenvalue weighted by atomic mass is 10.1. The van der Waals surface area contributed by atoms with Crippen LogP contribution >= 0.6 is 27.3 Å². The number of fused-ring (bicyclic) bond motifs is 3. The molecule has 24 heavy (non-hydrogen) atoms. The molecule has 3 aromatic rings. The molecule has 1 aromatic heterocycles. The van der Waals surface area contributed by atoms with Crippen LogP contribution in [0.15, 0.2) is 40.9 Å². The fourth-order valence-electron chi connectivity index (χ4n) is 3.00. The fourth-order valence-corrected chi connectivity index (χ4v) is 4.70. The maximum atomic E-state index is 12.3. The molecule has 0 atom stereocenters. The number of anilines is 1. The molecular formula is C18H17BrN2O2S. The number of morpholine rings is 1. The van der Waals surface area contributed by atoms with Crippen LogP contribution in [0.1, 0.15) is 0 Å². The predicted octanol–water partition coefficient (Wildman–Crippen LogP) is 4.09. The highest BCUT2D eigenvalue weighted by Gasteiger charge is 2.15. The van der Waals surface area contributed by atoms with E-state index in [0.717, 1.165) is 23.2 Å². The quantitative estimate of drug-likeness (QED) is 0.714. The first-order chi connectivity index (χ1) is 11.7. The van der Waals surface area contributed by atoms with E-state index in [0.29, 0.717) is 19.8 Å². The average Bonchev–Trinajstić information content (AvgIpc) is 2.95. The highest BCUT2D eigenvalue weighted by Crippen LogP contribution is 2.38. The van der Waals surface area contributed by atoms with Crippen molar-refractivity contribution in [2.45, 2.75) is 0 Å². The van der Waals surface area contributed by atoms with Gasteiger partial charge in [-0.25, -0.2) is 0 Å². The zero-order valence-corrected chi connectivity index (χ0v) is 15.5. The van der Waals surface area contributed by atoms with E-state index in [4.69, 9.17) is 4.74 Å². The van der Waals surface area contributed by atoms with Gasteiger partial charge in [-0.1, -0.05) is 12.1 Å². The zero-order valence-electron chi connectivity index (χ0n) is 13.0. The Morgan fingerprint density at radius 3 is 2.88 bits per heavy atom. The molecule has 1 fully saturated rings. The van der Waals surface area contributed by atoms with E-state index in [1.807, 2.05) is 12.1 Å². The van der Waals surface area contributed by atoms with Crippen LogP contribution in [0.5, 0.6) is 0 Å². The lowest BCUT2D eigenvalue weighted by Gasteiger charge is -2.25. The first-order valence-corrected chi connectivity index (χ1v) is 9.52. The molecule has 124 valence electrons. The van der Waals surface area contributed by atoms with Crippen LogP contribution < -0.4 is 5.32 Å². The monoisotopic (exact) mass is 404 g/mol. The minimum absolute atomic E-state index is 0.0250. The van der Waals surface area contributed by atoms with Gasteiger partial charge >= 0.3 is 0 Å². The van der Waals surface area contributed by atoms with Crippen molar-refractivity contribution in [3.05, 3.63) is 40.9 Å². The van der Waals surface area contributed by atoms with E-state index >= 15 is 0 Å². The maximum Gasteiger partial charge on any atom is 0.238 e. The second-order valence-electron chi connectivity index (χ2n) is 5.87. The largest absolute Gasteiger partial charge is 0.379 e. The zero-order chi connectivity index (χ0) is 16.5. The number of nitrogens with zero attached hydrogens (tertiary/aromatic N) is 1. The van der Waals surface area contributed by atoms with E-state index in [1.54, 1.807) is 11.3 Å². The van der Waals surface area contributed by atoms with Crippen molar-refractivity contribution in [3.63, 3.8) is 0 Å². The van der Waals surface area contributed by atoms with Gasteiger partial charge in [0.05, 0.1) is 19.8 Å². The number of carbonyl (C=O) groups excluding carboxylic acids is 1. The summed E-state index contributed by atoms with van der Waals surface area (Å²) in [6.45, 7) is 3.45. The molecule has 4 rings (SSSR count). The van der Waals surface area contributed by atoms with Crippen molar-refractivity contribution in [2.24, 2.45) is 0 Å². The van der Waals surface area contributed by atoms with Crippen molar-refractivity contribution in [1.82, 2.24) is 4.90 Å². The summed E-state index contributed by atoms with van der Waals surface area (Å²) in [5.41, 5.74) is 0.848. The van der Waals surface area contributed by atoms with Gasteiger partial charge in [-0.3, -0.25) is 9.69 Å². The summed E-state index contributed by atoms with van der Waals surface area (Å²) >= 11 is 5.38. The third kappa shape index (κ3) is 3.19. The van der Waals surface area contributed by atoms with E-state index in [1.165, 1.54) is 20.2 Å². The first-order valence-electron chi connectivity index (χ1n) is 7.91. The predicted molar refractivity (Wildman–Crippen MR) is 103 cm³/mol. The Bertz CT molecular complexity index is 903. The van der Waals surface area contributed by atoms with Gasteiger partial charge in [-0.05, 0) is 40.2 Å². The Labute approximate surface area is 152 Å². The van der Waals surface area contributed by atoms with Crippen LogP contribution in [0.25, 0.3) is 20.2 Å². The molecule has 1 aliphatic heterocycles. The number of ether oxygens (including phenoxy) is 1. The van der Waals surface area contributed by atoms with Crippen molar-refractivity contribution < 1.29 is 9.53 Å². The molecule has 0 radical (unpaired) electrons. The minimum Gasteiger partial charge on any atom is -0.379 e. The van der Waals surface area contributed by atoms with E-state index in [9.17, 15) is 4.79 Å². The van der Waals surface area contributed by atoms with E-state index in [2.05, 4.69) is 50.4 Å². The van der Waals surface area contributed by atoms with Gasteiger partial charge in [-0.15, -0.1) is 11.3 Å². The molecule has 1 N–H and O–H groups in total. The number of carbonyl (C=O) groups is 1. The van der Waals surface area contributed by atoms with Crippen LogP contribution in [0, 0.1) is 0 Å². The molecule has 0 aliphatic carbocycles. The Balaban J connectivity index is 1.57. The molecule has 0 saturated carbocycles. The van der Waals surface area contributed by atoms with E-state index in [-0.39, 0.29) is 5.91 Å². The van der Waals surface area contributed by atoms with Crippen LogP contribution in [0.3, 0.4) is 0 Å². The third-order valence-corrected chi connectivity index (χ3v) is 6.35. The first kappa shape index (κ1) is 16.0. The molecule has 0 spiro atoms. The van der Waals surface area contributed by atoms with Gasteiger partial charge in [0.2, 0.25) is 5.91 Å². The Morgan fingerprint density at radius 1 is 1.21 bits per heavy atom. The minimum atomic E-state index is 0.0250. The Morgan fingerprint density at radius 2 is 2.04 bits per heavy atom. The molecule has 2 heterocycles. The SMILES string of the molecule is O=C(CN1CCOCC1)Nc1ccc2sc3c(Br)cccc3c2c1. The Hall–Kier alpha value is -1.47. The van der Waals surface area contributed by atoms with Crippen molar-refractivity contribution in [3.8, 4) is 0 Å². The summed E-state index contributed by atoms with van der Waals surface area (Å²) in [7, 11) is 0. The Kier molecular flexibility index (Phi) is 4.54. The normalized spacial score (nSPS) is 15.9. The summed E-state index contributed by atoms with van der Waals surface area (Å²) < 4.78 is 8.89. The van der Waals surface area contributed by atoms with Gasteiger partial charge in [0.15, 0.2) is 0 Å². The van der Waals surface area contributed by atoms with Gasteiger partial charge < -0.3 is 10.1 Å². The number of nitrogens with one attached hydrogen (secondary N) is 1. The van der Waals surface area contributed by atoms with Gasteiger partial charge in [-0.2, -0.15) is 0 Å². The molecule has 4 nitrogen and oxygen atoms in total. The summed E-state index contributed by atoms with van der Waals surface area (Å²) in [6.07, 6.45) is 0. The molecule has 0 bridgehead atoms. The lowest BCUT2D eigenvalue weighted by molar-refractivity contribution is -0.118. The number of rotatable bonds is 3. The van der Waals surface area contributed by atoms with Crippen LogP contribution in [-0.4, -0.2) is 43.7 Å². The van der Waals surface area contributed by atoms with Crippen molar-refractivity contribution in [2.75, 3.05) is 38.2 Å². The van der Waals surface area contributed by atoms with E-state index < -0.39 is 0 Å². The van der Waals surface area contributed by atoms with Crippen LogP contribution in [0.2, 0.25) is 0 Å². The summed E-state index contributed by atoms with van der Waals surface area (Å²) in [6, 6.07) is 12.3. The highest BCUT2D eigenvalue weighted by atomic mass is 79.9. The van der Waals surface area contributed by atoms with Crippen molar-refractivity contribution in [1.29, 1.82) is 0 Å². The molecule has 1 amide bonds. The molecule has 1 aliphatic rings. The van der Waals surface area contributed by atoms with Gasteiger partial charge in [0, 0.05) is 43.4 Å². The lowest BCUT2D eigenvalue weighted by Crippen LogP contribution is -2.41. The number of hydrogen-bond donors (Lipinski definition) is 1. The fraction of sp³-hybridized carbons (Fsp3) is 0.278. The highest BCUT2D eigenvalue weighted by molar-refractivity contribution is 9.10. The molecule has 6 heteroatoms. The molecule has 1 saturated heterocycles. The third-order valence-electron chi connectivity index (χ3n) is 4.20. The van der Waals surface area contributed by atoms with Crippen LogP contribution in [-0.2, 0) is 9.53 Å². The number of halogens is 1. The average molecular weight is 405 g/mol. The standard InChI is InChI=1S/C18H17BrN2O2S/c19-15-3-1-2-13-14-10-12(4-5-16(14)24-18(13)15)20-17(22)11-21-6-8-23-9-7-21/h1-5,10H,6-9,11H2,(H,20,22). The summed E-state index contributed by atoms with van der Waals surface area (Å²) in [4.78, 5) is 14.4. The molecular weight excluding hydrogens is 388 g/mol. The molecule has 2 aromatic carbocycles. The number of benzene rings is 2. The number of amides is 1. The smallest absolute Gasteiger partial charge is 0.238 e. The van der Waals surface area contributed by atoms with Crippen LogP contribution in [0.4, 0.5) is 5.69 Å². The van der Waals surface area contributed by atoms with Crippen molar-refractivity contribution >= 4 is 59.0 Å². The second-order valence-corrected chi connectivity index (χ2v) is 7.77. The summed E-state index contributed by atoms with van der Waals surface area (Å²) in [5.74, 6) is 0.0250. The van der Waals surface area contributed by atoms with Gasteiger partial charge in [0.25, 0.3) is 0 Å².